The molecule has 0 fully saturated rings. The van der Waals surface area contributed by atoms with E-state index >= 15 is 0 Å². The molecule has 1 amide bonds. The normalized spacial score (nSPS) is 12.3. The molecule has 1 unspecified atom stereocenters. The van der Waals surface area contributed by atoms with Gasteiger partial charge in [-0.05, 0) is 43.1 Å². The lowest BCUT2D eigenvalue weighted by molar-refractivity contribution is -0.116. The number of amides is 1. The lowest BCUT2D eigenvalue weighted by atomic mass is 10.1. The Morgan fingerprint density at radius 3 is 3.00 bits per heavy atom. The number of carbonyl (C=O) groups excluding carboxylic acids is 1. The van der Waals surface area contributed by atoms with E-state index in [1.807, 2.05) is 30.3 Å². The molecule has 4 nitrogen and oxygen atoms in total. The summed E-state index contributed by atoms with van der Waals surface area (Å²) in [7, 11) is 0. The summed E-state index contributed by atoms with van der Waals surface area (Å²) >= 11 is 0. The van der Waals surface area contributed by atoms with Gasteiger partial charge < -0.3 is 11.1 Å². The van der Waals surface area contributed by atoms with E-state index < -0.39 is 0 Å². The summed E-state index contributed by atoms with van der Waals surface area (Å²) in [4.78, 5) is 16.2. The van der Waals surface area contributed by atoms with E-state index in [-0.39, 0.29) is 5.91 Å². The number of benzene rings is 1. The van der Waals surface area contributed by atoms with E-state index in [1.54, 1.807) is 6.20 Å². The van der Waals surface area contributed by atoms with E-state index in [1.165, 1.54) is 0 Å². The fourth-order valence-corrected chi connectivity index (χ4v) is 1.92. The first-order valence-corrected chi connectivity index (χ1v) is 6.54. The number of hydrogen-bond donors (Lipinski definition) is 2. The Morgan fingerprint density at radius 1 is 1.37 bits per heavy atom. The van der Waals surface area contributed by atoms with Gasteiger partial charge in [-0.25, -0.2) is 0 Å². The topological polar surface area (TPSA) is 68.0 Å². The van der Waals surface area contributed by atoms with Crippen LogP contribution >= 0.6 is 0 Å². The van der Waals surface area contributed by atoms with Gasteiger partial charge >= 0.3 is 0 Å². The molecule has 0 radical (unpaired) electrons. The third-order valence-electron chi connectivity index (χ3n) is 3.19. The summed E-state index contributed by atoms with van der Waals surface area (Å²) in [6.45, 7) is 2.67. The molecule has 3 N–H and O–H groups in total. The second kappa shape index (κ2) is 6.29. The fourth-order valence-electron chi connectivity index (χ4n) is 1.92. The molecular formula is C15H19N3O. The Balaban J connectivity index is 2.07. The standard InChI is InChI=1S/C15H19N3O/c1-11(10-16)7-8-15(19)18-14-6-2-5-13-12(14)4-3-9-17-13/h2-6,9,11H,7-8,10,16H2,1H3,(H,18,19). The van der Waals surface area contributed by atoms with Crippen LogP contribution in [0.15, 0.2) is 36.5 Å². The third kappa shape index (κ3) is 3.51. The maximum absolute atomic E-state index is 11.9. The number of nitrogens with one attached hydrogen (secondary N) is 1. The number of nitrogens with zero attached hydrogens (tertiary/aromatic N) is 1. The first-order chi connectivity index (χ1) is 9.20. The van der Waals surface area contributed by atoms with Crippen molar-refractivity contribution in [3.05, 3.63) is 36.5 Å². The fraction of sp³-hybridized carbons (Fsp3) is 0.333. The summed E-state index contributed by atoms with van der Waals surface area (Å²) in [5.41, 5.74) is 7.25. The van der Waals surface area contributed by atoms with E-state index in [4.69, 9.17) is 5.73 Å². The molecule has 2 rings (SSSR count). The molecule has 0 aliphatic carbocycles. The maximum atomic E-state index is 11.9. The van der Waals surface area contributed by atoms with Gasteiger partial charge in [-0.1, -0.05) is 13.0 Å². The van der Waals surface area contributed by atoms with Crippen LogP contribution in [-0.4, -0.2) is 17.4 Å². The second-order valence-corrected chi connectivity index (χ2v) is 4.80. The van der Waals surface area contributed by atoms with E-state index in [0.717, 1.165) is 23.0 Å². The van der Waals surface area contributed by atoms with Crippen molar-refractivity contribution in [1.29, 1.82) is 0 Å². The van der Waals surface area contributed by atoms with Gasteiger partial charge in [0.25, 0.3) is 0 Å². The van der Waals surface area contributed by atoms with Crippen LogP contribution in [0, 0.1) is 5.92 Å². The van der Waals surface area contributed by atoms with Gasteiger partial charge in [-0.15, -0.1) is 0 Å². The molecule has 0 saturated carbocycles. The average molecular weight is 257 g/mol. The van der Waals surface area contributed by atoms with Gasteiger partial charge in [0.1, 0.15) is 0 Å². The quantitative estimate of drug-likeness (QED) is 0.865. The number of pyridine rings is 1. The van der Waals surface area contributed by atoms with Crippen molar-refractivity contribution < 1.29 is 4.79 Å². The zero-order valence-electron chi connectivity index (χ0n) is 11.1. The molecule has 0 bridgehead atoms. The summed E-state index contributed by atoms with van der Waals surface area (Å²) in [6, 6.07) is 9.55. The summed E-state index contributed by atoms with van der Waals surface area (Å²) in [6.07, 6.45) is 3.05. The van der Waals surface area contributed by atoms with Crippen molar-refractivity contribution in [1.82, 2.24) is 4.98 Å². The molecule has 1 heterocycles. The number of fused-ring (bicyclic) bond motifs is 1. The molecule has 100 valence electrons. The number of aromatic nitrogens is 1. The highest BCUT2D eigenvalue weighted by Gasteiger charge is 2.08. The number of hydrogen-bond acceptors (Lipinski definition) is 3. The molecule has 0 aliphatic heterocycles. The molecular weight excluding hydrogens is 238 g/mol. The van der Waals surface area contributed by atoms with E-state index in [0.29, 0.717) is 18.9 Å². The monoisotopic (exact) mass is 257 g/mol. The van der Waals surface area contributed by atoms with Crippen molar-refractivity contribution in [2.75, 3.05) is 11.9 Å². The van der Waals surface area contributed by atoms with Crippen molar-refractivity contribution in [2.24, 2.45) is 11.7 Å². The minimum Gasteiger partial charge on any atom is -0.330 e. The predicted octanol–water partition coefficient (Wildman–Crippen LogP) is 2.55. The van der Waals surface area contributed by atoms with Gasteiger partial charge in [-0.3, -0.25) is 9.78 Å². The van der Waals surface area contributed by atoms with E-state index in [9.17, 15) is 4.79 Å². The molecule has 1 atom stereocenters. The molecule has 0 spiro atoms. The Labute approximate surface area is 113 Å². The van der Waals surface area contributed by atoms with Crippen molar-refractivity contribution in [3.63, 3.8) is 0 Å². The summed E-state index contributed by atoms with van der Waals surface area (Å²) in [5.74, 6) is 0.400. The Hall–Kier alpha value is -1.94. The number of anilines is 1. The molecule has 1 aromatic carbocycles. The van der Waals surface area contributed by atoms with Crippen LogP contribution in [-0.2, 0) is 4.79 Å². The number of nitrogens with two attached hydrogens (primary N) is 1. The van der Waals surface area contributed by atoms with Gasteiger partial charge in [0.05, 0.1) is 11.2 Å². The Morgan fingerprint density at radius 2 is 2.21 bits per heavy atom. The molecule has 1 aromatic heterocycles. The average Bonchev–Trinajstić information content (AvgIpc) is 2.45. The van der Waals surface area contributed by atoms with Crippen LogP contribution in [0.25, 0.3) is 10.9 Å². The van der Waals surface area contributed by atoms with Gasteiger partial charge in [0.15, 0.2) is 0 Å². The molecule has 0 saturated heterocycles. The first-order valence-electron chi connectivity index (χ1n) is 6.54. The summed E-state index contributed by atoms with van der Waals surface area (Å²) < 4.78 is 0. The molecule has 4 heteroatoms. The zero-order chi connectivity index (χ0) is 13.7. The van der Waals surface area contributed by atoms with Crippen LogP contribution in [0.1, 0.15) is 19.8 Å². The highest BCUT2D eigenvalue weighted by atomic mass is 16.1. The first kappa shape index (κ1) is 13.5. The zero-order valence-corrected chi connectivity index (χ0v) is 11.1. The lowest BCUT2D eigenvalue weighted by Crippen LogP contribution is -2.16. The van der Waals surface area contributed by atoms with Crippen LogP contribution in [0.2, 0.25) is 0 Å². The van der Waals surface area contributed by atoms with Crippen molar-refractivity contribution in [2.45, 2.75) is 19.8 Å². The van der Waals surface area contributed by atoms with Crippen LogP contribution < -0.4 is 11.1 Å². The molecule has 0 aliphatic rings. The third-order valence-corrected chi connectivity index (χ3v) is 3.19. The number of rotatable bonds is 5. The highest BCUT2D eigenvalue weighted by Crippen LogP contribution is 2.21. The Kier molecular flexibility index (Phi) is 4.47. The number of carbonyl (C=O) groups is 1. The smallest absolute Gasteiger partial charge is 0.224 e. The van der Waals surface area contributed by atoms with Gasteiger partial charge in [0.2, 0.25) is 5.91 Å². The van der Waals surface area contributed by atoms with Crippen LogP contribution in [0.4, 0.5) is 5.69 Å². The molecule has 2 aromatic rings. The minimum absolute atomic E-state index is 0.0247. The van der Waals surface area contributed by atoms with Gasteiger partial charge in [-0.2, -0.15) is 0 Å². The van der Waals surface area contributed by atoms with Crippen molar-refractivity contribution >= 4 is 22.5 Å². The second-order valence-electron chi connectivity index (χ2n) is 4.80. The van der Waals surface area contributed by atoms with Crippen LogP contribution in [0.5, 0.6) is 0 Å². The molecule has 19 heavy (non-hydrogen) atoms. The highest BCUT2D eigenvalue weighted by molar-refractivity contribution is 6.00. The van der Waals surface area contributed by atoms with Crippen molar-refractivity contribution in [3.8, 4) is 0 Å². The van der Waals surface area contributed by atoms with Crippen LogP contribution in [0.3, 0.4) is 0 Å². The lowest BCUT2D eigenvalue weighted by Gasteiger charge is -2.10. The Bertz CT molecular complexity index is 563. The predicted molar refractivity (Wildman–Crippen MR) is 77.8 cm³/mol. The van der Waals surface area contributed by atoms with Gasteiger partial charge in [0, 0.05) is 18.0 Å². The largest absolute Gasteiger partial charge is 0.330 e. The minimum atomic E-state index is 0.0247. The maximum Gasteiger partial charge on any atom is 0.224 e. The summed E-state index contributed by atoms with van der Waals surface area (Å²) in [5, 5.41) is 3.91. The SMILES string of the molecule is CC(CN)CCC(=O)Nc1cccc2ncccc12. The van der Waals surface area contributed by atoms with E-state index in [2.05, 4.69) is 17.2 Å².